The van der Waals surface area contributed by atoms with Gasteiger partial charge in [0.1, 0.15) is 17.8 Å². The highest BCUT2D eigenvalue weighted by Gasteiger charge is 2.13. The summed E-state index contributed by atoms with van der Waals surface area (Å²) in [6.45, 7) is 8.39. The van der Waals surface area contributed by atoms with Crippen LogP contribution in [0.25, 0.3) is 11.3 Å². The number of nitrogens with two attached hydrogens (primary N) is 1. The van der Waals surface area contributed by atoms with Crippen molar-refractivity contribution in [3.63, 3.8) is 0 Å². The van der Waals surface area contributed by atoms with E-state index in [4.69, 9.17) is 15.1 Å². The minimum absolute atomic E-state index is 0.139. The van der Waals surface area contributed by atoms with Gasteiger partial charge in [0.15, 0.2) is 0 Å². The Bertz CT molecular complexity index is 583. The third kappa shape index (κ3) is 3.77. The predicted molar refractivity (Wildman–Crippen MR) is 91.9 cm³/mol. The Morgan fingerprint density at radius 2 is 1.82 bits per heavy atom. The number of hydrogen-bond donors (Lipinski definition) is 1. The van der Waals surface area contributed by atoms with Gasteiger partial charge in [-0.2, -0.15) is 0 Å². The summed E-state index contributed by atoms with van der Waals surface area (Å²) in [4.78, 5) is 7.01. The average Bonchev–Trinajstić information content (AvgIpc) is 3.09. The molecular formula is C18H25N3O. The Balaban J connectivity index is 2.17. The van der Waals surface area contributed by atoms with Gasteiger partial charge >= 0.3 is 0 Å². The van der Waals surface area contributed by atoms with Crippen LogP contribution < -0.4 is 5.73 Å². The first-order chi connectivity index (χ1) is 10.7. The van der Waals surface area contributed by atoms with Crippen molar-refractivity contribution in [3.8, 4) is 11.3 Å². The Labute approximate surface area is 132 Å². The summed E-state index contributed by atoms with van der Waals surface area (Å²) in [6.07, 6.45) is 2.77. The Kier molecular flexibility index (Phi) is 5.78. The molecule has 0 spiro atoms. The fourth-order valence-corrected chi connectivity index (χ4v) is 2.56. The summed E-state index contributed by atoms with van der Waals surface area (Å²) in [7, 11) is 0. The minimum Gasteiger partial charge on any atom is -0.464 e. The van der Waals surface area contributed by atoms with Gasteiger partial charge in [0.25, 0.3) is 0 Å². The zero-order valence-corrected chi connectivity index (χ0v) is 13.6. The van der Waals surface area contributed by atoms with E-state index in [1.165, 1.54) is 0 Å². The SMILES string of the molecule is CCC(/N=C(\N)c1ccc(-c2ccco2)cc1)N(CC)CC. The van der Waals surface area contributed by atoms with Crippen LogP contribution in [-0.4, -0.2) is 30.0 Å². The zero-order chi connectivity index (χ0) is 15.9. The molecule has 1 aromatic carbocycles. The molecule has 0 aliphatic rings. The molecule has 1 unspecified atom stereocenters. The number of amidine groups is 1. The van der Waals surface area contributed by atoms with Gasteiger partial charge in [-0.3, -0.25) is 4.90 Å². The maximum Gasteiger partial charge on any atom is 0.133 e. The van der Waals surface area contributed by atoms with Gasteiger partial charge in [-0.05, 0) is 31.6 Å². The van der Waals surface area contributed by atoms with Crippen LogP contribution in [0.3, 0.4) is 0 Å². The van der Waals surface area contributed by atoms with Crippen molar-refractivity contribution in [2.75, 3.05) is 13.1 Å². The molecule has 0 bridgehead atoms. The van der Waals surface area contributed by atoms with Crippen LogP contribution in [0.1, 0.15) is 32.8 Å². The molecule has 0 amide bonds. The molecule has 0 fully saturated rings. The highest BCUT2D eigenvalue weighted by molar-refractivity contribution is 5.97. The third-order valence-corrected chi connectivity index (χ3v) is 3.87. The van der Waals surface area contributed by atoms with Gasteiger partial charge in [-0.15, -0.1) is 0 Å². The number of benzene rings is 1. The maximum absolute atomic E-state index is 6.19. The van der Waals surface area contributed by atoms with E-state index in [9.17, 15) is 0 Å². The van der Waals surface area contributed by atoms with Crippen LogP contribution in [0.15, 0.2) is 52.1 Å². The van der Waals surface area contributed by atoms with Crippen molar-refractivity contribution < 1.29 is 4.42 Å². The molecule has 0 saturated heterocycles. The lowest BCUT2D eigenvalue weighted by atomic mass is 10.1. The van der Waals surface area contributed by atoms with Crippen LogP contribution in [0.4, 0.5) is 0 Å². The van der Waals surface area contributed by atoms with Gasteiger partial charge in [-0.25, -0.2) is 4.99 Å². The lowest BCUT2D eigenvalue weighted by Crippen LogP contribution is -2.35. The molecule has 22 heavy (non-hydrogen) atoms. The van der Waals surface area contributed by atoms with E-state index >= 15 is 0 Å². The average molecular weight is 299 g/mol. The van der Waals surface area contributed by atoms with Gasteiger partial charge in [0, 0.05) is 11.1 Å². The van der Waals surface area contributed by atoms with Gasteiger partial charge in [0.05, 0.1) is 6.26 Å². The smallest absolute Gasteiger partial charge is 0.133 e. The van der Waals surface area contributed by atoms with E-state index in [0.717, 1.165) is 36.4 Å². The van der Waals surface area contributed by atoms with Gasteiger partial charge in [0.2, 0.25) is 0 Å². The second-order valence-electron chi connectivity index (χ2n) is 5.18. The normalized spacial score (nSPS) is 13.5. The summed E-state index contributed by atoms with van der Waals surface area (Å²) < 4.78 is 5.39. The van der Waals surface area contributed by atoms with E-state index in [0.29, 0.717) is 5.84 Å². The molecular weight excluding hydrogens is 274 g/mol. The van der Waals surface area contributed by atoms with Crippen molar-refractivity contribution in [1.82, 2.24) is 4.90 Å². The fraction of sp³-hybridized carbons (Fsp3) is 0.389. The van der Waals surface area contributed by atoms with E-state index < -0.39 is 0 Å². The van der Waals surface area contributed by atoms with Crippen molar-refractivity contribution in [1.29, 1.82) is 0 Å². The molecule has 0 aliphatic heterocycles. The highest BCUT2D eigenvalue weighted by atomic mass is 16.3. The topological polar surface area (TPSA) is 54.8 Å². The molecule has 2 rings (SSSR count). The van der Waals surface area contributed by atoms with Crippen LogP contribution >= 0.6 is 0 Å². The summed E-state index contributed by atoms with van der Waals surface area (Å²) in [5.74, 6) is 1.45. The standard InChI is InChI=1S/C18H25N3O/c1-4-17(21(5-2)6-3)20-18(19)15-11-9-14(10-12-15)16-8-7-13-22-16/h7-13,17H,4-6H2,1-3H3,(H2,19,20). The van der Waals surface area contributed by atoms with Crippen molar-refractivity contribution in [2.24, 2.45) is 10.7 Å². The second-order valence-corrected chi connectivity index (χ2v) is 5.18. The maximum atomic E-state index is 6.19. The van der Waals surface area contributed by atoms with Crippen molar-refractivity contribution in [2.45, 2.75) is 33.4 Å². The van der Waals surface area contributed by atoms with E-state index in [-0.39, 0.29) is 6.17 Å². The summed E-state index contributed by atoms with van der Waals surface area (Å²) in [6, 6.07) is 11.8. The number of rotatable bonds is 7. The monoisotopic (exact) mass is 299 g/mol. The summed E-state index contributed by atoms with van der Waals surface area (Å²) in [5, 5.41) is 0. The number of aliphatic imine (C=N–C) groups is 1. The fourth-order valence-electron chi connectivity index (χ4n) is 2.56. The summed E-state index contributed by atoms with van der Waals surface area (Å²) in [5.41, 5.74) is 8.17. The van der Waals surface area contributed by atoms with Crippen LogP contribution in [0.2, 0.25) is 0 Å². The molecule has 0 aliphatic carbocycles. The number of nitrogens with zero attached hydrogens (tertiary/aromatic N) is 2. The van der Waals surface area contributed by atoms with Crippen molar-refractivity contribution in [3.05, 3.63) is 48.2 Å². The highest BCUT2D eigenvalue weighted by Crippen LogP contribution is 2.20. The first kappa shape index (κ1) is 16.3. The van der Waals surface area contributed by atoms with E-state index in [1.54, 1.807) is 6.26 Å². The molecule has 4 nitrogen and oxygen atoms in total. The van der Waals surface area contributed by atoms with E-state index in [2.05, 4.69) is 25.7 Å². The van der Waals surface area contributed by atoms with Gasteiger partial charge in [-0.1, -0.05) is 45.0 Å². The molecule has 1 atom stereocenters. The second kappa shape index (κ2) is 7.80. The molecule has 0 saturated carbocycles. The lowest BCUT2D eigenvalue weighted by molar-refractivity contribution is 0.218. The molecule has 2 aromatic rings. The molecule has 118 valence electrons. The molecule has 2 N–H and O–H groups in total. The molecule has 1 aromatic heterocycles. The molecule has 1 heterocycles. The molecule has 4 heteroatoms. The van der Waals surface area contributed by atoms with Crippen LogP contribution in [0, 0.1) is 0 Å². The molecule has 0 radical (unpaired) electrons. The van der Waals surface area contributed by atoms with Gasteiger partial charge < -0.3 is 10.2 Å². The lowest BCUT2D eigenvalue weighted by Gasteiger charge is -2.25. The van der Waals surface area contributed by atoms with Crippen molar-refractivity contribution >= 4 is 5.84 Å². The first-order valence-electron chi connectivity index (χ1n) is 7.91. The van der Waals surface area contributed by atoms with Crippen LogP contribution in [0.5, 0.6) is 0 Å². The third-order valence-electron chi connectivity index (χ3n) is 3.87. The van der Waals surface area contributed by atoms with Crippen LogP contribution in [-0.2, 0) is 0 Å². The van der Waals surface area contributed by atoms with E-state index in [1.807, 2.05) is 36.4 Å². The Morgan fingerprint density at radius 1 is 1.14 bits per heavy atom. The first-order valence-corrected chi connectivity index (χ1v) is 7.91. The predicted octanol–water partition coefficient (Wildman–Crippen LogP) is 3.73. The minimum atomic E-state index is 0.139. The number of hydrogen-bond acceptors (Lipinski definition) is 3. The Morgan fingerprint density at radius 3 is 2.32 bits per heavy atom. The Hall–Kier alpha value is -2.07. The largest absolute Gasteiger partial charge is 0.464 e. The quantitative estimate of drug-likeness (QED) is 0.626. The summed E-state index contributed by atoms with van der Waals surface area (Å²) >= 11 is 0. The zero-order valence-electron chi connectivity index (χ0n) is 13.6. The number of furan rings is 1.